The molecule has 0 amide bonds. The van der Waals surface area contributed by atoms with E-state index in [4.69, 9.17) is 10.5 Å². The molecule has 3 heteroatoms. The normalized spacial score (nSPS) is 9.29. The van der Waals surface area contributed by atoms with Crippen molar-refractivity contribution < 1.29 is 0 Å². The van der Waals surface area contributed by atoms with Crippen molar-refractivity contribution in [3.63, 3.8) is 0 Å². The van der Waals surface area contributed by atoms with Crippen LogP contribution in [-0.2, 0) is 0 Å². The maximum Gasteiger partial charge on any atom is 0.101 e. The van der Waals surface area contributed by atoms with E-state index in [0.29, 0.717) is 11.1 Å². The van der Waals surface area contributed by atoms with Crippen LogP contribution >= 0.6 is 0 Å². The van der Waals surface area contributed by atoms with E-state index in [1.54, 1.807) is 24.3 Å². The first-order chi connectivity index (χ1) is 6.83. The van der Waals surface area contributed by atoms with Crippen LogP contribution in [0.2, 0.25) is 0 Å². The lowest BCUT2D eigenvalue weighted by molar-refractivity contribution is 1.37. The summed E-state index contributed by atoms with van der Waals surface area (Å²) in [5, 5.41) is 18.2. The first-order valence-corrected chi connectivity index (χ1v) is 4.03. The largest absolute Gasteiger partial charge is 0.255 e. The van der Waals surface area contributed by atoms with Gasteiger partial charge in [-0.15, -0.1) is 0 Å². The molecule has 0 bridgehead atoms. The Bertz CT molecular complexity index is 520. The highest BCUT2D eigenvalue weighted by molar-refractivity contribution is 5.80. The number of pyridine rings is 1. The molecular formula is C11H5N3. The molecule has 2 rings (SSSR count). The second kappa shape index (κ2) is 3.16. The van der Waals surface area contributed by atoms with Crippen molar-refractivity contribution in [2.75, 3.05) is 0 Å². The predicted octanol–water partition coefficient (Wildman–Crippen LogP) is 1.98. The van der Waals surface area contributed by atoms with Crippen LogP contribution in [0.5, 0.6) is 0 Å². The molecule has 1 aromatic heterocycles. The number of fused-ring (bicyclic) bond motifs is 1. The molecular weight excluding hydrogens is 174 g/mol. The maximum atomic E-state index is 8.67. The van der Waals surface area contributed by atoms with Crippen LogP contribution in [0.25, 0.3) is 10.9 Å². The Morgan fingerprint density at radius 2 is 1.79 bits per heavy atom. The fourth-order valence-electron chi connectivity index (χ4n) is 1.25. The van der Waals surface area contributed by atoms with Crippen molar-refractivity contribution >= 4 is 10.9 Å². The van der Waals surface area contributed by atoms with E-state index in [-0.39, 0.29) is 0 Å². The average molecular weight is 179 g/mol. The monoisotopic (exact) mass is 179 g/mol. The van der Waals surface area contributed by atoms with Crippen molar-refractivity contribution in [2.45, 2.75) is 0 Å². The molecule has 1 aromatic carbocycles. The molecule has 0 aliphatic rings. The Hall–Kier alpha value is -2.39. The molecule has 2 aromatic rings. The van der Waals surface area contributed by atoms with Crippen LogP contribution in [0.15, 0.2) is 30.5 Å². The highest BCUT2D eigenvalue weighted by Gasteiger charge is 1.98. The molecule has 1 heterocycles. The van der Waals surface area contributed by atoms with Gasteiger partial charge in [0.15, 0.2) is 0 Å². The van der Waals surface area contributed by atoms with Gasteiger partial charge in [-0.25, -0.2) is 0 Å². The summed E-state index contributed by atoms with van der Waals surface area (Å²) in [6.07, 6.45) is 1.50. The van der Waals surface area contributed by atoms with E-state index in [2.05, 4.69) is 4.98 Å². The topological polar surface area (TPSA) is 60.5 Å². The molecule has 0 aliphatic heterocycles. The van der Waals surface area contributed by atoms with Crippen molar-refractivity contribution in [1.82, 2.24) is 4.98 Å². The second-order valence-corrected chi connectivity index (χ2v) is 2.86. The van der Waals surface area contributed by atoms with Crippen LogP contribution in [0, 0.1) is 22.7 Å². The zero-order valence-electron chi connectivity index (χ0n) is 7.23. The third kappa shape index (κ3) is 1.28. The lowest BCUT2D eigenvalue weighted by Gasteiger charge is -1.96. The van der Waals surface area contributed by atoms with E-state index in [9.17, 15) is 0 Å². The van der Waals surface area contributed by atoms with Crippen molar-refractivity contribution in [2.24, 2.45) is 0 Å². The van der Waals surface area contributed by atoms with Gasteiger partial charge in [0, 0.05) is 11.6 Å². The Kier molecular flexibility index (Phi) is 1.86. The van der Waals surface area contributed by atoms with E-state index >= 15 is 0 Å². The minimum Gasteiger partial charge on any atom is -0.255 e. The molecule has 0 spiro atoms. The molecule has 0 saturated heterocycles. The third-order valence-corrected chi connectivity index (χ3v) is 1.94. The summed E-state index contributed by atoms with van der Waals surface area (Å²) < 4.78 is 0. The van der Waals surface area contributed by atoms with Crippen molar-refractivity contribution in [3.05, 3.63) is 41.6 Å². The Morgan fingerprint density at radius 1 is 1.00 bits per heavy atom. The molecule has 0 radical (unpaired) electrons. The number of nitriles is 2. The summed E-state index contributed by atoms with van der Waals surface area (Å²) in [5.41, 5.74) is 1.85. The summed E-state index contributed by atoms with van der Waals surface area (Å²) in [6.45, 7) is 0. The highest BCUT2D eigenvalue weighted by Crippen LogP contribution is 2.14. The molecule has 0 aliphatic carbocycles. The first kappa shape index (κ1) is 8.22. The quantitative estimate of drug-likeness (QED) is 0.621. The van der Waals surface area contributed by atoms with Crippen LogP contribution in [0.3, 0.4) is 0 Å². The van der Waals surface area contributed by atoms with Gasteiger partial charge < -0.3 is 0 Å². The van der Waals surface area contributed by atoms with E-state index in [1.165, 1.54) is 6.20 Å². The average Bonchev–Trinajstić information content (AvgIpc) is 2.27. The lowest BCUT2D eigenvalue weighted by atomic mass is 10.1. The van der Waals surface area contributed by atoms with E-state index in [0.717, 1.165) is 10.9 Å². The minimum atomic E-state index is 0.530. The number of rotatable bonds is 0. The third-order valence-electron chi connectivity index (χ3n) is 1.94. The van der Waals surface area contributed by atoms with Crippen molar-refractivity contribution in [1.29, 1.82) is 10.5 Å². The smallest absolute Gasteiger partial charge is 0.101 e. The SMILES string of the molecule is N#Cc1cnc2cc(C#N)ccc2c1. The van der Waals surface area contributed by atoms with Gasteiger partial charge in [0.05, 0.1) is 22.7 Å². The Labute approximate surface area is 80.8 Å². The van der Waals surface area contributed by atoms with E-state index in [1.807, 2.05) is 12.1 Å². The predicted molar refractivity (Wildman–Crippen MR) is 51.2 cm³/mol. The summed E-state index contributed by atoms with van der Waals surface area (Å²) in [4.78, 5) is 4.09. The molecule has 0 N–H and O–H groups in total. The lowest BCUT2D eigenvalue weighted by Crippen LogP contribution is -1.83. The molecule has 14 heavy (non-hydrogen) atoms. The van der Waals surface area contributed by atoms with Gasteiger partial charge in [-0.3, -0.25) is 4.98 Å². The number of hydrogen-bond acceptors (Lipinski definition) is 3. The molecule has 64 valence electrons. The summed E-state index contributed by atoms with van der Waals surface area (Å²) in [6, 6.07) is 11.0. The zero-order valence-corrected chi connectivity index (χ0v) is 7.23. The number of benzene rings is 1. The highest BCUT2D eigenvalue weighted by atomic mass is 14.6. The Morgan fingerprint density at radius 3 is 2.50 bits per heavy atom. The van der Waals surface area contributed by atoms with Gasteiger partial charge in [0.25, 0.3) is 0 Å². The summed E-state index contributed by atoms with van der Waals surface area (Å²) >= 11 is 0. The van der Waals surface area contributed by atoms with Crippen LogP contribution in [-0.4, -0.2) is 4.98 Å². The van der Waals surface area contributed by atoms with Crippen LogP contribution < -0.4 is 0 Å². The summed E-state index contributed by atoms with van der Waals surface area (Å²) in [5.74, 6) is 0. The number of aromatic nitrogens is 1. The fraction of sp³-hybridized carbons (Fsp3) is 0. The zero-order chi connectivity index (χ0) is 9.97. The standard InChI is InChI=1S/C11H5N3/c12-5-8-1-2-10-3-9(6-13)7-14-11(10)4-8/h1-4,7H. The van der Waals surface area contributed by atoms with E-state index < -0.39 is 0 Å². The number of nitrogens with zero attached hydrogens (tertiary/aromatic N) is 3. The van der Waals surface area contributed by atoms with Crippen LogP contribution in [0.4, 0.5) is 0 Å². The van der Waals surface area contributed by atoms with Crippen molar-refractivity contribution in [3.8, 4) is 12.1 Å². The Balaban J connectivity index is 2.72. The number of hydrogen-bond donors (Lipinski definition) is 0. The van der Waals surface area contributed by atoms with Gasteiger partial charge >= 0.3 is 0 Å². The van der Waals surface area contributed by atoms with Gasteiger partial charge in [-0.05, 0) is 18.2 Å². The van der Waals surface area contributed by atoms with Gasteiger partial charge in [-0.2, -0.15) is 10.5 Å². The van der Waals surface area contributed by atoms with Gasteiger partial charge in [0.1, 0.15) is 6.07 Å². The van der Waals surface area contributed by atoms with Gasteiger partial charge in [-0.1, -0.05) is 6.07 Å². The second-order valence-electron chi connectivity index (χ2n) is 2.86. The summed E-state index contributed by atoms with van der Waals surface area (Å²) in [7, 11) is 0. The minimum absolute atomic E-state index is 0.530. The molecule has 0 atom stereocenters. The van der Waals surface area contributed by atoms with Crippen LogP contribution in [0.1, 0.15) is 11.1 Å². The molecule has 3 nitrogen and oxygen atoms in total. The first-order valence-electron chi connectivity index (χ1n) is 4.03. The maximum absolute atomic E-state index is 8.67. The molecule has 0 saturated carbocycles. The fourth-order valence-corrected chi connectivity index (χ4v) is 1.25. The van der Waals surface area contributed by atoms with Gasteiger partial charge in [0.2, 0.25) is 0 Å². The molecule has 0 fully saturated rings. The molecule has 0 unspecified atom stereocenters.